The summed E-state index contributed by atoms with van der Waals surface area (Å²) in [5.41, 5.74) is 0.878. The summed E-state index contributed by atoms with van der Waals surface area (Å²) in [5.74, 6) is -0.187. The van der Waals surface area contributed by atoms with Crippen LogP contribution in [0.2, 0.25) is 0 Å². The monoisotopic (exact) mass is 300 g/mol. The maximum absolute atomic E-state index is 13.1. The molecule has 2 atom stereocenters. The highest BCUT2D eigenvalue weighted by molar-refractivity contribution is 5.85. The van der Waals surface area contributed by atoms with Gasteiger partial charge in [0.25, 0.3) is 0 Å². The number of benzene rings is 1. The van der Waals surface area contributed by atoms with Crippen molar-refractivity contribution in [2.75, 3.05) is 19.6 Å². The molecule has 1 aliphatic heterocycles. The van der Waals surface area contributed by atoms with E-state index in [2.05, 4.69) is 12.2 Å². The number of carbonyl (C=O) groups excluding carboxylic acids is 1. The van der Waals surface area contributed by atoms with Crippen LogP contribution in [0.25, 0.3) is 0 Å². The van der Waals surface area contributed by atoms with Crippen molar-refractivity contribution in [3.05, 3.63) is 35.6 Å². The summed E-state index contributed by atoms with van der Waals surface area (Å²) in [6, 6.07) is 6.72. The molecule has 2 rings (SSSR count). The van der Waals surface area contributed by atoms with Gasteiger partial charge in [-0.15, -0.1) is 12.4 Å². The fourth-order valence-corrected chi connectivity index (χ4v) is 2.56. The molecule has 1 saturated heterocycles. The van der Waals surface area contributed by atoms with Crippen molar-refractivity contribution in [1.82, 2.24) is 10.2 Å². The molecular weight excluding hydrogens is 279 g/mol. The average Bonchev–Trinajstić information content (AvgIpc) is 2.38. The number of hydrogen-bond donors (Lipinski definition) is 1. The van der Waals surface area contributed by atoms with E-state index >= 15 is 0 Å². The van der Waals surface area contributed by atoms with Gasteiger partial charge in [-0.3, -0.25) is 4.79 Å². The van der Waals surface area contributed by atoms with Crippen molar-refractivity contribution < 1.29 is 9.18 Å². The standard InChI is InChI=1S/C15H21FN2O.ClH/c1-11(8-13-4-3-5-14(16)9-13)15(19)18-7-6-17-10-12(18)2;/h3-5,9,11-12,17H,6-8,10H2,1-2H3;1H. The first-order valence-electron chi connectivity index (χ1n) is 6.83. The van der Waals surface area contributed by atoms with E-state index in [1.807, 2.05) is 17.9 Å². The molecule has 0 saturated carbocycles. The van der Waals surface area contributed by atoms with E-state index in [1.165, 1.54) is 12.1 Å². The molecule has 1 N–H and O–H groups in total. The second-order valence-corrected chi connectivity index (χ2v) is 5.32. The number of nitrogens with zero attached hydrogens (tertiary/aromatic N) is 1. The van der Waals surface area contributed by atoms with Crippen molar-refractivity contribution in [1.29, 1.82) is 0 Å². The quantitative estimate of drug-likeness (QED) is 0.928. The highest BCUT2D eigenvalue weighted by Crippen LogP contribution is 2.15. The Morgan fingerprint density at radius 1 is 1.55 bits per heavy atom. The van der Waals surface area contributed by atoms with Crippen molar-refractivity contribution in [3.8, 4) is 0 Å². The Morgan fingerprint density at radius 3 is 2.95 bits per heavy atom. The molecule has 5 heteroatoms. The van der Waals surface area contributed by atoms with Crippen LogP contribution in [-0.4, -0.2) is 36.5 Å². The van der Waals surface area contributed by atoms with Crippen LogP contribution in [0.4, 0.5) is 4.39 Å². The van der Waals surface area contributed by atoms with Crippen molar-refractivity contribution >= 4 is 18.3 Å². The predicted molar refractivity (Wildman–Crippen MR) is 80.6 cm³/mol. The van der Waals surface area contributed by atoms with E-state index in [0.29, 0.717) is 6.42 Å². The normalized spacial score (nSPS) is 20.1. The minimum Gasteiger partial charge on any atom is -0.337 e. The van der Waals surface area contributed by atoms with E-state index in [0.717, 1.165) is 25.2 Å². The van der Waals surface area contributed by atoms with E-state index in [9.17, 15) is 9.18 Å². The molecule has 1 amide bonds. The Bertz CT molecular complexity index is 455. The van der Waals surface area contributed by atoms with E-state index < -0.39 is 0 Å². The summed E-state index contributed by atoms with van der Waals surface area (Å²) in [4.78, 5) is 14.3. The van der Waals surface area contributed by atoms with Crippen molar-refractivity contribution in [2.24, 2.45) is 5.92 Å². The lowest BCUT2D eigenvalue weighted by molar-refractivity contribution is -0.137. The molecule has 0 radical (unpaired) electrons. The number of piperazine rings is 1. The third-order valence-electron chi connectivity index (χ3n) is 3.64. The van der Waals surface area contributed by atoms with Crippen LogP contribution in [0.3, 0.4) is 0 Å². The van der Waals surface area contributed by atoms with Crippen LogP contribution < -0.4 is 5.32 Å². The number of carbonyl (C=O) groups is 1. The largest absolute Gasteiger partial charge is 0.337 e. The zero-order valence-electron chi connectivity index (χ0n) is 11.9. The van der Waals surface area contributed by atoms with Gasteiger partial charge in [0.2, 0.25) is 5.91 Å². The number of amides is 1. The molecule has 0 bridgehead atoms. The van der Waals surface area contributed by atoms with Gasteiger partial charge in [0.15, 0.2) is 0 Å². The van der Waals surface area contributed by atoms with E-state index in [4.69, 9.17) is 0 Å². The predicted octanol–water partition coefficient (Wildman–Crippen LogP) is 2.25. The Kier molecular flexibility index (Phi) is 6.43. The summed E-state index contributed by atoms with van der Waals surface area (Å²) in [6.07, 6.45) is 0.591. The Balaban J connectivity index is 0.00000200. The Morgan fingerprint density at radius 2 is 2.30 bits per heavy atom. The van der Waals surface area contributed by atoms with Gasteiger partial charge < -0.3 is 10.2 Å². The zero-order valence-corrected chi connectivity index (χ0v) is 12.8. The van der Waals surface area contributed by atoms with Gasteiger partial charge in [-0.1, -0.05) is 19.1 Å². The molecule has 1 fully saturated rings. The maximum Gasteiger partial charge on any atom is 0.226 e. The third-order valence-corrected chi connectivity index (χ3v) is 3.64. The summed E-state index contributed by atoms with van der Waals surface area (Å²) in [5, 5.41) is 3.27. The van der Waals surface area contributed by atoms with Crippen LogP contribution >= 0.6 is 12.4 Å². The van der Waals surface area contributed by atoms with Crippen LogP contribution in [0.5, 0.6) is 0 Å². The number of halogens is 2. The van der Waals surface area contributed by atoms with Gasteiger partial charge in [0.05, 0.1) is 0 Å². The molecule has 112 valence electrons. The lowest BCUT2D eigenvalue weighted by atomic mass is 9.98. The molecule has 1 aliphatic rings. The molecule has 0 aliphatic carbocycles. The van der Waals surface area contributed by atoms with Gasteiger partial charge in [0, 0.05) is 31.6 Å². The van der Waals surface area contributed by atoms with E-state index in [1.54, 1.807) is 6.07 Å². The molecule has 0 aromatic heterocycles. The van der Waals surface area contributed by atoms with Gasteiger partial charge >= 0.3 is 0 Å². The highest BCUT2D eigenvalue weighted by Gasteiger charge is 2.26. The molecule has 3 nitrogen and oxygen atoms in total. The smallest absolute Gasteiger partial charge is 0.226 e. The lowest BCUT2D eigenvalue weighted by Gasteiger charge is -2.35. The van der Waals surface area contributed by atoms with Crippen LogP contribution in [0, 0.1) is 11.7 Å². The topological polar surface area (TPSA) is 32.3 Å². The van der Waals surface area contributed by atoms with Crippen LogP contribution in [0.1, 0.15) is 19.4 Å². The summed E-state index contributed by atoms with van der Waals surface area (Å²) in [7, 11) is 0. The average molecular weight is 301 g/mol. The Hall–Kier alpha value is -1.13. The fourth-order valence-electron chi connectivity index (χ4n) is 2.56. The summed E-state index contributed by atoms with van der Waals surface area (Å²) >= 11 is 0. The zero-order chi connectivity index (χ0) is 13.8. The van der Waals surface area contributed by atoms with Crippen LogP contribution in [0.15, 0.2) is 24.3 Å². The summed E-state index contributed by atoms with van der Waals surface area (Å²) < 4.78 is 13.1. The van der Waals surface area contributed by atoms with E-state index in [-0.39, 0.29) is 36.1 Å². The lowest BCUT2D eigenvalue weighted by Crippen LogP contribution is -2.53. The molecule has 1 heterocycles. The minimum atomic E-state index is -0.243. The third kappa shape index (κ3) is 4.18. The number of hydrogen-bond acceptors (Lipinski definition) is 2. The van der Waals surface area contributed by atoms with Gasteiger partial charge in [0.1, 0.15) is 5.82 Å². The minimum absolute atomic E-state index is 0. The fraction of sp³-hybridized carbons (Fsp3) is 0.533. The molecule has 1 aromatic carbocycles. The van der Waals surface area contributed by atoms with Crippen LogP contribution in [-0.2, 0) is 11.2 Å². The van der Waals surface area contributed by atoms with Gasteiger partial charge in [-0.2, -0.15) is 0 Å². The van der Waals surface area contributed by atoms with Crippen molar-refractivity contribution in [3.63, 3.8) is 0 Å². The number of rotatable bonds is 3. The van der Waals surface area contributed by atoms with Gasteiger partial charge in [-0.05, 0) is 31.0 Å². The highest BCUT2D eigenvalue weighted by atomic mass is 35.5. The second kappa shape index (κ2) is 7.60. The molecular formula is C15H22ClFN2O. The molecule has 0 spiro atoms. The SMILES string of the molecule is CC(Cc1cccc(F)c1)C(=O)N1CCNCC1C.Cl. The first-order valence-corrected chi connectivity index (χ1v) is 6.83. The van der Waals surface area contributed by atoms with Crippen molar-refractivity contribution in [2.45, 2.75) is 26.3 Å². The molecule has 2 unspecified atom stereocenters. The summed E-state index contributed by atoms with van der Waals surface area (Å²) in [6.45, 7) is 6.43. The maximum atomic E-state index is 13.1. The number of nitrogens with one attached hydrogen (secondary N) is 1. The van der Waals surface area contributed by atoms with Gasteiger partial charge in [-0.25, -0.2) is 4.39 Å². The molecule has 1 aromatic rings. The first kappa shape index (κ1) is 16.9. The molecule has 20 heavy (non-hydrogen) atoms. The Labute approximate surface area is 125 Å². The first-order chi connectivity index (χ1) is 9.08. The second-order valence-electron chi connectivity index (χ2n) is 5.32.